The van der Waals surface area contributed by atoms with E-state index in [0.717, 1.165) is 36.8 Å². The standard InChI is InChI=1S/C28H50O2/c1-3-5-7-9-11-13-15-17-19-21-25-23-28(30)26(24-27(25)29)22-20-18-16-14-12-10-8-6-4-2/h23-24,29-30H,3-22H2,1-2H3. The third kappa shape index (κ3) is 13.2. The fourth-order valence-corrected chi connectivity index (χ4v) is 4.32. The normalized spacial score (nSPS) is 11.3. The lowest BCUT2D eigenvalue weighted by atomic mass is 9.99. The van der Waals surface area contributed by atoms with Crippen LogP contribution >= 0.6 is 0 Å². The molecule has 0 bridgehead atoms. The van der Waals surface area contributed by atoms with Crippen molar-refractivity contribution in [2.24, 2.45) is 0 Å². The van der Waals surface area contributed by atoms with Gasteiger partial charge in [0.25, 0.3) is 0 Å². The molecule has 0 aliphatic carbocycles. The van der Waals surface area contributed by atoms with Crippen LogP contribution in [-0.2, 0) is 12.8 Å². The van der Waals surface area contributed by atoms with Gasteiger partial charge in [-0.25, -0.2) is 0 Å². The molecule has 2 nitrogen and oxygen atoms in total. The van der Waals surface area contributed by atoms with Crippen LogP contribution in [0.15, 0.2) is 12.1 Å². The molecule has 0 saturated carbocycles. The zero-order valence-corrected chi connectivity index (χ0v) is 20.2. The summed E-state index contributed by atoms with van der Waals surface area (Å²) in [5.41, 5.74) is 1.82. The summed E-state index contributed by atoms with van der Waals surface area (Å²) in [6.07, 6.45) is 25.2. The number of phenolic OH excluding ortho intramolecular Hbond substituents is 2. The summed E-state index contributed by atoms with van der Waals surface area (Å²) in [6, 6.07) is 3.62. The Kier molecular flexibility index (Phi) is 16.6. The van der Waals surface area contributed by atoms with E-state index >= 15 is 0 Å². The van der Waals surface area contributed by atoms with Crippen LogP contribution in [0.2, 0.25) is 0 Å². The number of unbranched alkanes of at least 4 members (excludes halogenated alkanes) is 16. The lowest BCUT2D eigenvalue weighted by Crippen LogP contribution is -1.92. The fourth-order valence-electron chi connectivity index (χ4n) is 4.32. The highest BCUT2D eigenvalue weighted by Crippen LogP contribution is 2.30. The maximum absolute atomic E-state index is 10.4. The highest BCUT2D eigenvalue weighted by Gasteiger charge is 2.09. The molecule has 1 aromatic carbocycles. The van der Waals surface area contributed by atoms with Gasteiger partial charge in [0, 0.05) is 0 Å². The van der Waals surface area contributed by atoms with Gasteiger partial charge < -0.3 is 10.2 Å². The maximum atomic E-state index is 10.4. The smallest absolute Gasteiger partial charge is 0.119 e. The lowest BCUT2D eigenvalue weighted by molar-refractivity contribution is 0.445. The first-order valence-corrected chi connectivity index (χ1v) is 13.2. The second-order valence-electron chi connectivity index (χ2n) is 9.27. The molecule has 0 amide bonds. The molecule has 1 rings (SSSR count). The molecular weight excluding hydrogens is 368 g/mol. The molecule has 2 N–H and O–H groups in total. The molecule has 0 fully saturated rings. The molecule has 0 saturated heterocycles. The molecule has 0 aliphatic rings. The van der Waals surface area contributed by atoms with Crippen molar-refractivity contribution in [3.63, 3.8) is 0 Å². The van der Waals surface area contributed by atoms with Gasteiger partial charge in [0.2, 0.25) is 0 Å². The van der Waals surface area contributed by atoms with Crippen molar-refractivity contribution in [2.75, 3.05) is 0 Å². The van der Waals surface area contributed by atoms with E-state index in [1.54, 1.807) is 0 Å². The van der Waals surface area contributed by atoms with Gasteiger partial charge in [0.15, 0.2) is 0 Å². The van der Waals surface area contributed by atoms with E-state index in [9.17, 15) is 10.2 Å². The summed E-state index contributed by atoms with van der Waals surface area (Å²) < 4.78 is 0. The van der Waals surface area contributed by atoms with Crippen LogP contribution in [0.5, 0.6) is 11.5 Å². The number of rotatable bonds is 20. The summed E-state index contributed by atoms with van der Waals surface area (Å²) in [5.74, 6) is 0.747. The third-order valence-corrected chi connectivity index (χ3v) is 6.38. The molecule has 30 heavy (non-hydrogen) atoms. The Labute approximate surface area is 187 Å². The van der Waals surface area contributed by atoms with E-state index < -0.39 is 0 Å². The maximum Gasteiger partial charge on any atom is 0.119 e. The van der Waals surface area contributed by atoms with Crippen molar-refractivity contribution in [1.82, 2.24) is 0 Å². The van der Waals surface area contributed by atoms with Crippen molar-refractivity contribution in [3.05, 3.63) is 23.3 Å². The minimum absolute atomic E-state index is 0.373. The predicted octanol–water partition coefficient (Wildman–Crippen LogP) is 9.24. The average molecular weight is 419 g/mol. The Balaban J connectivity index is 2.15. The van der Waals surface area contributed by atoms with Crippen molar-refractivity contribution >= 4 is 0 Å². The van der Waals surface area contributed by atoms with Crippen LogP contribution < -0.4 is 0 Å². The van der Waals surface area contributed by atoms with E-state index in [2.05, 4.69) is 13.8 Å². The van der Waals surface area contributed by atoms with Gasteiger partial charge >= 0.3 is 0 Å². The second-order valence-corrected chi connectivity index (χ2v) is 9.27. The minimum Gasteiger partial charge on any atom is -0.508 e. The molecule has 0 aromatic heterocycles. The predicted molar refractivity (Wildman–Crippen MR) is 132 cm³/mol. The summed E-state index contributed by atoms with van der Waals surface area (Å²) in [5, 5.41) is 20.7. The molecule has 0 atom stereocenters. The van der Waals surface area contributed by atoms with E-state index in [4.69, 9.17) is 0 Å². The van der Waals surface area contributed by atoms with E-state index in [0.29, 0.717) is 11.5 Å². The summed E-state index contributed by atoms with van der Waals surface area (Å²) >= 11 is 0. The van der Waals surface area contributed by atoms with Crippen LogP contribution in [0.3, 0.4) is 0 Å². The van der Waals surface area contributed by atoms with Crippen molar-refractivity contribution in [1.29, 1.82) is 0 Å². The number of aryl methyl sites for hydroxylation is 2. The molecule has 0 heterocycles. The summed E-state index contributed by atoms with van der Waals surface area (Å²) in [4.78, 5) is 0. The average Bonchev–Trinajstić information content (AvgIpc) is 2.74. The van der Waals surface area contributed by atoms with Gasteiger partial charge in [-0.15, -0.1) is 0 Å². The highest BCUT2D eigenvalue weighted by molar-refractivity contribution is 5.45. The van der Waals surface area contributed by atoms with Gasteiger partial charge in [0.1, 0.15) is 11.5 Å². The van der Waals surface area contributed by atoms with Crippen molar-refractivity contribution in [2.45, 2.75) is 142 Å². The quantitative estimate of drug-likeness (QED) is 0.164. The summed E-state index contributed by atoms with van der Waals surface area (Å²) in [6.45, 7) is 4.52. The molecule has 2 heteroatoms. The Morgan fingerprint density at radius 1 is 0.433 bits per heavy atom. The second kappa shape index (κ2) is 18.6. The van der Waals surface area contributed by atoms with Crippen molar-refractivity contribution < 1.29 is 10.2 Å². The summed E-state index contributed by atoms with van der Waals surface area (Å²) in [7, 11) is 0. The van der Waals surface area contributed by atoms with Gasteiger partial charge in [-0.1, -0.05) is 117 Å². The zero-order chi connectivity index (χ0) is 21.9. The molecular formula is C28H50O2. The Hall–Kier alpha value is -1.18. The molecule has 1 aromatic rings. The number of hydrogen-bond donors (Lipinski definition) is 2. The van der Waals surface area contributed by atoms with Crippen LogP contribution in [-0.4, -0.2) is 10.2 Å². The molecule has 174 valence electrons. The molecule has 0 unspecified atom stereocenters. The van der Waals surface area contributed by atoms with Crippen molar-refractivity contribution in [3.8, 4) is 11.5 Å². The van der Waals surface area contributed by atoms with Gasteiger partial charge in [0.05, 0.1) is 0 Å². The number of benzene rings is 1. The van der Waals surface area contributed by atoms with Crippen LogP contribution in [0, 0.1) is 0 Å². The van der Waals surface area contributed by atoms with Gasteiger partial charge in [-0.05, 0) is 48.9 Å². The highest BCUT2D eigenvalue weighted by atomic mass is 16.3. The fraction of sp³-hybridized carbons (Fsp3) is 0.786. The Morgan fingerprint density at radius 2 is 0.700 bits per heavy atom. The van der Waals surface area contributed by atoms with Crippen LogP contribution in [0.25, 0.3) is 0 Å². The number of aromatic hydroxyl groups is 2. The third-order valence-electron chi connectivity index (χ3n) is 6.38. The minimum atomic E-state index is 0.373. The van der Waals surface area contributed by atoms with Gasteiger partial charge in [-0.3, -0.25) is 0 Å². The zero-order valence-electron chi connectivity index (χ0n) is 20.2. The number of phenols is 2. The first kappa shape index (κ1) is 26.9. The van der Waals surface area contributed by atoms with Gasteiger partial charge in [-0.2, -0.15) is 0 Å². The van der Waals surface area contributed by atoms with Crippen LogP contribution in [0.1, 0.15) is 141 Å². The monoisotopic (exact) mass is 418 g/mol. The molecule has 0 radical (unpaired) electrons. The lowest BCUT2D eigenvalue weighted by Gasteiger charge is -2.10. The largest absolute Gasteiger partial charge is 0.508 e. The first-order valence-electron chi connectivity index (χ1n) is 13.2. The molecule has 0 aliphatic heterocycles. The topological polar surface area (TPSA) is 40.5 Å². The Bertz CT molecular complexity index is 476. The van der Waals surface area contributed by atoms with E-state index in [1.165, 1.54) is 103 Å². The molecule has 0 spiro atoms. The Morgan fingerprint density at radius 3 is 1.00 bits per heavy atom. The van der Waals surface area contributed by atoms with Crippen LogP contribution in [0.4, 0.5) is 0 Å². The SMILES string of the molecule is CCCCCCCCCCCc1cc(O)c(CCCCCCCCCCC)cc1O. The van der Waals surface area contributed by atoms with E-state index in [-0.39, 0.29) is 0 Å². The van der Waals surface area contributed by atoms with E-state index in [1.807, 2.05) is 12.1 Å². The number of hydrogen-bond acceptors (Lipinski definition) is 2. The first-order chi connectivity index (χ1) is 14.7.